The summed E-state index contributed by atoms with van der Waals surface area (Å²) in [6.07, 6.45) is 7.84. The van der Waals surface area contributed by atoms with E-state index in [0.717, 1.165) is 66.7 Å². The van der Waals surface area contributed by atoms with Crippen LogP contribution in [0.15, 0.2) is 66.9 Å². The normalized spacial score (nSPS) is 26.0. The van der Waals surface area contributed by atoms with Crippen molar-refractivity contribution in [3.63, 3.8) is 0 Å². The summed E-state index contributed by atoms with van der Waals surface area (Å²) < 4.78 is 5.22. The van der Waals surface area contributed by atoms with Crippen LogP contribution in [0.25, 0.3) is 22.3 Å². The Bertz CT molecular complexity index is 1310. The topological polar surface area (TPSA) is 101 Å². The molecule has 2 saturated carbocycles. The quantitative estimate of drug-likeness (QED) is 0.301. The van der Waals surface area contributed by atoms with Crippen LogP contribution in [0.1, 0.15) is 57.4 Å². The van der Waals surface area contributed by atoms with Crippen LogP contribution in [0, 0.1) is 5.92 Å². The summed E-state index contributed by atoms with van der Waals surface area (Å²) in [5.41, 5.74) is 10.5. The first kappa shape index (κ1) is 29.4. The largest absolute Gasteiger partial charge is 0.390 e. The third kappa shape index (κ3) is 7.04. The zero-order valence-corrected chi connectivity index (χ0v) is 24.6. The Morgan fingerprint density at radius 2 is 1.71 bits per heavy atom. The van der Waals surface area contributed by atoms with Crippen molar-refractivity contribution in [2.75, 3.05) is 32.6 Å². The van der Waals surface area contributed by atoms with Crippen LogP contribution in [-0.4, -0.2) is 59.8 Å². The lowest BCUT2D eigenvalue weighted by atomic mass is 9.63. The van der Waals surface area contributed by atoms with E-state index in [0.29, 0.717) is 37.0 Å². The minimum Gasteiger partial charge on any atom is -0.390 e. The summed E-state index contributed by atoms with van der Waals surface area (Å²) in [6, 6.07) is 21.0. The number of hydrogen-bond acceptors (Lipinski definition) is 6. The number of amides is 1. The van der Waals surface area contributed by atoms with Crippen LogP contribution < -0.4 is 11.1 Å². The van der Waals surface area contributed by atoms with Crippen molar-refractivity contribution < 1.29 is 14.6 Å². The molecular formula is C34H44N4O3. The summed E-state index contributed by atoms with van der Waals surface area (Å²) >= 11 is 0. The Hall–Kier alpha value is -3.10. The minimum atomic E-state index is -0.696. The number of ether oxygens (including phenoxy) is 1. The van der Waals surface area contributed by atoms with E-state index in [2.05, 4.69) is 58.6 Å². The van der Waals surface area contributed by atoms with Crippen molar-refractivity contribution in [3.05, 3.63) is 72.4 Å². The first-order valence-electron chi connectivity index (χ1n) is 14.8. The number of pyridine rings is 1. The van der Waals surface area contributed by atoms with Gasteiger partial charge in [-0.2, -0.15) is 0 Å². The van der Waals surface area contributed by atoms with E-state index >= 15 is 0 Å². The van der Waals surface area contributed by atoms with Gasteiger partial charge in [0.25, 0.3) is 0 Å². The van der Waals surface area contributed by atoms with Crippen molar-refractivity contribution in [1.29, 1.82) is 0 Å². The first-order chi connectivity index (χ1) is 19.7. The number of anilines is 1. The van der Waals surface area contributed by atoms with Crippen molar-refractivity contribution >= 4 is 11.7 Å². The maximum atomic E-state index is 13.0. The van der Waals surface area contributed by atoms with Gasteiger partial charge >= 0.3 is 0 Å². The van der Waals surface area contributed by atoms with Crippen molar-refractivity contribution in [3.8, 4) is 22.3 Å². The molecule has 2 aliphatic rings. The van der Waals surface area contributed by atoms with Crippen LogP contribution >= 0.6 is 0 Å². The van der Waals surface area contributed by atoms with Gasteiger partial charge in [0.1, 0.15) is 5.82 Å². The van der Waals surface area contributed by atoms with Gasteiger partial charge in [0.2, 0.25) is 5.91 Å². The van der Waals surface area contributed by atoms with Crippen molar-refractivity contribution in [2.24, 2.45) is 11.7 Å². The molecule has 2 aliphatic carbocycles. The summed E-state index contributed by atoms with van der Waals surface area (Å²) in [5.74, 6) is 0.993. The van der Waals surface area contributed by atoms with Gasteiger partial charge in [0.15, 0.2) is 0 Å². The third-order valence-corrected chi connectivity index (χ3v) is 8.98. The molecule has 7 heteroatoms. The molecule has 1 amide bonds. The highest BCUT2D eigenvalue weighted by Gasteiger charge is 2.49. The number of likely N-dealkylation sites (N-methyl/N-ethyl adjacent to an activating group) is 1. The van der Waals surface area contributed by atoms with Crippen molar-refractivity contribution in [2.45, 2.75) is 69.1 Å². The Morgan fingerprint density at radius 3 is 2.34 bits per heavy atom. The monoisotopic (exact) mass is 556 g/mol. The lowest BCUT2D eigenvalue weighted by molar-refractivity contribution is -0.117. The smallest absolute Gasteiger partial charge is 0.225 e. The van der Waals surface area contributed by atoms with Crippen LogP contribution in [0.4, 0.5) is 5.82 Å². The van der Waals surface area contributed by atoms with Crippen LogP contribution in [0.2, 0.25) is 0 Å². The average molecular weight is 557 g/mol. The number of aliphatic hydroxyl groups is 1. The fourth-order valence-corrected chi connectivity index (χ4v) is 6.77. The van der Waals surface area contributed by atoms with Gasteiger partial charge in [-0.05, 0) is 86.7 Å². The number of nitrogens with one attached hydrogen (secondary N) is 1. The molecule has 1 aromatic heterocycles. The molecule has 0 bridgehead atoms. The summed E-state index contributed by atoms with van der Waals surface area (Å²) in [4.78, 5) is 20.1. The molecule has 0 atom stereocenters. The van der Waals surface area contributed by atoms with Gasteiger partial charge < -0.3 is 25.8 Å². The van der Waals surface area contributed by atoms with Crippen LogP contribution in [0.5, 0.6) is 0 Å². The second-order valence-electron chi connectivity index (χ2n) is 12.5. The standard InChI is InChI=1S/C34H44N4O3/c1-33(40)22-34(35,23-33)27-13-11-26(12-14-27)30-21-36-31(20-29(30)25-7-5-4-6-8-25)37-32(39)19-24-9-15-28(16-10-24)38(2)17-18-41-3/h4-8,11-14,20-21,24,28,40H,9-10,15-19,22-23,35H2,1-3H3,(H,36,37,39). The maximum Gasteiger partial charge on any atom is 0.225 e. The third-order valence-electron chi connectivity index (χ3n) is 8.98. The molecule has 218 valence electrons. The molecule has 0 spiro atoms. The van der Waals surface area contributed by atoms with E-state index in [1.165, 1.54) is 0 Å². The lowest BCUT2D eigenvalue weighted by Crippen LogP contribution is -2.58. The van der Waals surface area contributed by atoms with E-state index in [9.17, 15) is 9.90 Å². The number of aromatic nitrogens is 1. The SMILES string of the molecule is COCCN(C)C1CCC(CC(=O)Nc2cc(-c3ccccc3)c(-c3ccc(C4(N)CC(C)(O)C4)cc3)cn2)CC1. The van der Waals surface area contributed by atoms with E-state index in [1.54, 1.807) is 7.11 Å². The molecule has 41 heavy (non-hydrogen) atoms. The second kappa shape index (κ2) is 12.4. The summed E-state index contributed by atoms with van der Waals surface area (Å²) in [7, 11) is 3.91. The number of nitrogens with two attached hydrogens (primary N) is 1. The molecule has 0 radical (unpaired) electrons. The summed E-state index contributed by atoms with van der Waals surface area (Å²) in [5, 5.41) is 13.3. The highest BCUT2D eigenvalue weighted by molar-refractivity contribution is 5.92. The predicted molar refractivity (Wildman–Crippen MR) is 164 cm³/mol. The number of nitrogens with zero attached hydrogens (tertiary/aromatic N) is 2. The first-order valence-corrected chi connectivity index (χ1v) is 14.8. The number of carbonyl (C=O) groups excluding carboxylic acids is 1. The molecule has 0 aliphatic heterocycles. The van der Waals surface area contributed by atoms with Gasteiger partial charge in [-0.3, -0.25) is 4.79 Å². The minimum absolute atomic E-state index is 0.0226. The molecule has 7 nitrogen and oxygen atoms in total. The number of benzene rings is 2. The highest BCUT2D eigenvalue weighted by Crippen LogP contribution is 2.46. The highest BCUT2D eigenvalue weighted by atomic mass is 16.5. The summed E-state index contributed by atoms with van der Waals surface area (Å²) in [6.45, 7) is 3.53. The Morgan fingerprint density at radius 1 is 1.05 bits per heavy atom. The zero-order chi connectivity index (χ0) is 29.0. The Labute approximate surface area is 244 Å². The second-order valence-corrected chi connectivity index (χ2v) is 12.5. The molecule has 2 aromatic carbocycles. The molecule has 4 N–H and O–H groups in total. The molecule has 1 heterocycles. The fraction of sp³-hybridized carbons (Fsp3) is 0.471. The zero-order valence-electron chi connectivity index (χ0n) is 24.6. The van der Waals surface area contributed by atoms with Gasteiger partial charge in [-0.25, -0.2) is 4.98 Å². The number of rotatable bonds is 10. The van der Waals surface area contributed by atoms with Crippen LogP contribution in [-0.2, 0) is 15.1 Å². The number of methoxy groups -OCH3 is 1. The average Bonchev–Trinajstić information content (AvgIpc) is 2.95. The number of carbonyl (C=O) groups is 1. The van der Waals surface area contributed by atoms with Gasteiger partial charge in [0.05, 0.1) is 12.2 Å². The van der Waals surface area contributed by atoms with Crippen molar-refractivity contribution in [1.82, 2.24) is 9.88 Å². The van der Waals surface area contributed by atoms with Gasteiger partial charge in [0, 0.05) is 43.4 Å². The fourth-order valence-electron chi connectivity index (χ4n) is 6.77. The van der Waals surface area contributed by atoms with E-state index in [4.69, 9.17) is 10.5 Å². The molecule has 0 unspecified atom stereocenters. The molecule has 3 aromatic rings. The van der Waals surface area contributed by atoms with Gasteiger partial charge in [-0.1, -0.05) is 54.6 Å². The number of hydrogen-bond donors (Lipinski definition) is 3. The maximum absolute atomic E-state index is 13.0. The Kier molecular flexibility index (Phi) is 8.90. The molecule has 5 rings (SSSR count). The molecule has 2 fully saturated rings. The lowest BCUT2D eigenvalue weighted by Gasteiger charge is -2.49. The molecule has 0 saturated heterocycles. The Balaban J connectivity index is 1.27. The van der Waals surface area contributed by atoms with E-state index in [1.807, 2.05) is 37.4 Å². The van der Waals surface area contributed by atoms with E-state index in [-0.39, 0.29) is 5.91 Å². The molecular weight excluding hydrogens is 512 g/mol. The van der Waals surface area contributed by atoms with E-state index < -0.39 is 11.1 Å². The van der Waals surface area contributed by atoms with Gasteiger partial charge in [-0.15, -0.1) is 0 Å². The predicted octanol–water partition coefficient (Wildman–Crippen LogP) is 5.58. The van der Waals surface area contributed by atoms with Crippen LogP contribution in [0.3, 0.4) is 0 Å².